The molecule has 6 heteroatoms. The van der Waals surface area contributed by atoms with Gasteiger partial charge in [-0.2, -0.15) is 5.10 Å². The molecule has 0 aromatic carbocycles. The SMILES string of the molecule is CC(C(=O)NCC(=O)N(C)C)n1cccn1. The van der Waals surface area contributed by atoms with Crippen LogP contribution in [0.5, 0.6) is 0 Å². The lowest BCUT2D eigenvalue weighted by Gasteiger charge is -2.14. The van der Waals surface area contributed by atoms with E-state index < -0.39 is 6.04 Å². The number of hydrogen-bond donors (Lipinski definition) is 1. The van der Waals surface area contributed by atoms with E-state index in [0.717, 1.165) is 0 Å². The molecule has 16 heavy (non-hydrogen) atoms. The topological polar surface area (TPSA) is 67.2 Å². The van der Waals surface area contributed by atoms with Crippen LogP contribution < -0.4 is 5.32 Å². The average molecular weight is 224 g/mol. The summed E-state index contributed by atoms with van der Waals surface area (Å²) in [4.78, 5) is 24.3. The van der Waals surface area contributed by atoms with Crippen LogP contribution in [0.15, 0.2) is 18.5 Å². The second kappa shape index (κ2) is 5.29. The Balaban J connectivity index is 2.44. The molecule has 0 radical (unpaired) electrons. The number of nitrogens with zero attached hydrogens (tertiary/aromatic N) is 3. The molecule has 0 fully saturated rings. The van der Waals surface area contributed by atoms with Crippen molar-refractivity contribution < 1.29 is 9.59 Å². The molecule has 1 aromatic rings. The molecule has 0 spiro atoms. The summed E-state index contributed by atoms with van der Waals surface area (Å²) in [5.41, 5.74) is 0. The Labute approximate surface area is 94.2 Å². The molecule has 0 aliphatic rings. The summed E-state index contributed by atoms with van der Waals surface area (Å²) in [7, 11) is 3.29. The lowest BCUT2D eigenvalue weighted by Crippen LogP contribution is -2.39. The van der Waals surface area contributed by atoms with Gasteiger partial charge in [0.15, 0.2) is 0 Å². The highest BCUT2D eigenvalue weighted by Crippen LogP contribution is 2.02. The Bertz CT molecular complexity index is 359. The van der Waals surface area contributed by atoms with E-state index in [4.69, 9.17) is 0 Å². The standard InChI is InChI=1S/C10H16N4O2/c1-8(14-6-4-5-12-14)10(16)11-7-9(15)13(2)3/h4-6,8H,7H2,1-3H3,(H,11,16). The molecule has 2 amide bonds. The molecule has 0 saturated heterocycles. The first-order valence-electron chi connectivity index (χ1n) is 4.99. The van der Waals surface area contributed by atoms with Crippen LogP contribution in [0.1, 0.15) is 13.0 Å². The number of aromatic nitrogens is 2. The molecule has 0 bridgehead atoms. The van der Waals surface area contributed by atoms with Crippen molar-refractivity contribution in [1.82, 2.24) is 20.0 Å². The van der Waals surface area contributed by atoms with Crippen LogP contribution in [-0.2, 0) is 9.59 Å². The van der Waals surface area contributed by atoms with Gasteiger partial charge < -0.3 is 10.2 Å². The van der Waals surface area contributed by atoms with Crippen LogP contribution in [0, 0.1) is 0 Å². The van der Waals surface area contributed by atoms with Gasteiger partial charge in [-0.05, 0) is 13.0 Å². The fraction of sp³-hybridized carbons (Fsp3) is 0.500. The maximum absolute atomic E-state index is 11.6. The van der Waals surface area contributed by atoms with Gasteiger partial charge in [0.25, 0.3) is 0 Å². The summed E-state index contributed by atoms with van der Waals surface area (Å²) in [5, 5.41) is 6.52. The average Bonchev–Trinajstić information content (AvgIpc) is 2.77. The van der Waals surface area contributed by atoms with Crippen LogP contribution in [0.2, 0.25) is 0 Å². The Morgan fingerprint density at radius 3 is 2.69 bits per heavy atom. The smallest absolute Gasteiger partial charge is 0.245 e. The Hall–Kier alpha value is -1.85. The molecule has 1 unspecified atom stereocenters. The zero-order chi connectivity index (χ0) is 12.1. The van der Waals surface area contributed by atoms with Crippen molar-refractivity contribution >= 4 is 11.8 Å². The predicted molar refractivity (Wildman–Crippen MR) is 58.6 cm³/mol. The van der Waals surface area contributed by atoms with Gasteiger partial charge in [0.1, 0.15) is 6.04 Å². The van der Waals surface area contributed by atoms with E-state index in [-0.39, 0.29) is 18.4 Å². The van der Waals surface area contributed by atoms with E-state index in [9.17, 15) is 9.59 Å². The Morgan fingerprint density at radius 1 is 1.50 bits per heavy atom. The van der Waals surface area contributed by atoms with Crippen LogP contribution >= 0.6 is 0 Å². The highest BCUT2D eigenvalue weighted by atomic mass is 16.2. The number of likely N-dealkylation sites (N-methyl/N-ethyl adjacent to an activating group) is 1. The fourth-order valence-corrected chi connectivity index (χ4v) is 1.10. The Morgan fingerprint density at radius 2 is 2.19 bits per heavy atom. The van der Waals surface area contributed by atoms with Crippen LogP contribution in [0.3, 0.4) is 0 Å². The molecule has 1 atom stereocenters. The predicted octanol–water partition coefficient (Wildman–Crippen LogP) is -0.351. The third-order valence-corrected chi connectivity index (χ3v) is 2.21. The minimum atomic E-state index is -0.412. The maximum Gasteiger partial charge on any atom is 0.245 e. The second-order valence-electron chi connectivity index (χ2n) is 3.67. The van der Waals surface area contributed by atoms with E-state index in [0.29, 0.717) is 0 Å². The molecule has 88 valence electrons. The fourth-order valence-electron chi connectivity index (χ4n) is 1.10. The van der Waals surface area contributed by atoms with Crippen molar-refractivity contribution in [2.24, 2.45) is 0 Å². The van der Waals surface area contributed by atoms with Crippen LogP contribution in [-0.4, -0.2) is 47.1 Å². The second-order valence-corrected chi connectivity index (χ2v) is 3.67. The van der Waals surface area contributed by atoms with Crippen molar-refractivity contribution in [3.05, 3.63) is 18.5 Å². The van der Waals surface area contributed by atoms with Gasteiger partial charge in [-0.15, -0.1) is 0 Å². The van der Waals surface area contributed by atoms with Crippen LogP contribution in [0.4, 0.5) is 0 Å². The number of hydrogen-bond acceptors (Lipinski definition) is 3. The molecule has 1 heterocycles. The third kappa shape index (κ3) is 3.08. The molecule has 1 rings (SSSR count). The number of rotatable bonds is 4. The summed E-state index contributed by atoms with van der Waals surface area (Å²) in [5.74, 6) is -0.361. The minimum Gasteiger partial charge on any atom is -0.347 e. The molecule has 0 aliphatic heterocycles. The molecule has 6 nitrogen and oxygen atoms in total. The number of carbonyl (C=O) groups excluding carboxylic acids is 2. The Kier molecular flexibility index (Phi) is 4.04. The summed E-state index contributed by atoms with van der Waals surface area (Å²) in [6, 6.07) is 1.33. The zero-order valence-corrected chi connectivity index (χ0v) is 9.67. The first-order chi connectivity index (χ1) is 7.52. The normalized spacial score (nSPS) is 11.9. The first-order valence-corrected chi connectivity index (χ1v) is 4.99. The van der Waals surface area contributed by atoms with Gasteiger partial charge in [-0.25, -0.2) is 0 Å². The largest absolute Gasteiger partial charge is 0.347 e. The summed E-state index contributed by atoms with van der Waals surface area (Å²) in [6.45, 7) is 1.74. The van der Waals surface area contributed by atoms with E-state index in [1.807, 2.05) is 0 Å². The van der Waals surface area contributed by atoms with Gasteiger partial charge in [-0.1, -0.05) is 0 Å². The number of carbonyl (C=O) groups is 2. The van der Waals surface area contributed by atoms with Crippen LogP contribution in [0.25, 0.3) is 0 Å². The zero-order valence-electron chi connectivity index (χ0n) is 9.67. The van der Waals surface area contributed by atoms with Crippen molar-refractivity contribution in [3.8, 4) is 0 Å². The van der Waals surface area contributed by atoms with Crippen molar-refractivity contribution in [1.29, 1.82) is 0 Å². The van der Waals surface area contributed by atoms with Gasteiger partial charge in [0.05, 0.1) is 6.54 Å². The van der Waals surface area contributed by atoms with E-state index >= 15 is 0 Å². The lowest BCUT2D eigenvalue weighted by atomic mass is 10.3. The van der Waals surface area contributed by atoms with Gasteiger partial charge in [0.2, 0.25) is 11.8 Å². The molecule has 0 saturated carbocycles. The molecular formula is C10H16N4O2. The first kappa shape index (κ1) is 12.2. The summed E-state index contributed by atoms with van der Waals surface area (Å²) >= 11 is 0. The summed E-state index contributed by atoms with van der Waals surface area (Å²) < 4.78 is 1.54. The van der Waals surface area contributed by atoms with Crippen molar-refractivity contribution in [3.63, 3.8) is 0 Å². The third-order valence-electron chi connectivity index (χ3n) is 2.21. The van der Waals surface area contributed by atoms with E-state index in [2.05, 4.69) is 10.4 Å². The van der Waals surface area contributed by atoms with E-state index in [1.54, 1.807) is 39.5 Å². The van der Waals surface area contributed by atoms with Gasteiger partial charge in [-0.3, -0.25) is 14.3 Å². The highest BCUT2D eigenvalue weighted by molar-refractivity contribution is 5.86. The summed E-state index contributed by atoms with van der Waals surface area (Å²) in [6.07, 6.45) is 3.31. The van der Waals surface area contributed by atoms with Gasteiger partial charge in [0, 0.05) is 26.5 Å². The minimum absolute atomic E-state index is 0.0114. The lowest BCUT2D eigenvalue weighted by molar-refractivity contribution is -0.131. The molecule has 1 aromatic heterocycles. The number of nitrogens with one attached hydrogen (secondary N) is 1. The molecular weight excluding hydrogens is 208 g/mol. The van der Waals surface area contributed by atoms with Gasteiger partial charge >= 0.3 is 0 Å². The number of amides is 2. The monoisotopic (exact) mass is 224 g/mol. The van der Waals surface area contributed by atoms with E-state index in [1.165, 1.54) is 9.58 Å². The van der Waals surface area contributed by atoms with Crippen molar-refractivity contribution in [2.75, 3.05) is 20.6 Å². The quantitative estimate of drug-likeness (QED) is 0.760. The highest BCUT2D eigenvalue weighted by Gasteiger charge is 2.15. The molecule has 1 N–H and O–H groups in total. The molecule has 0 aliphatic carbocycles. The van der Waals surface area contributed by atoms with Crippen molar-refractivity contribution in [2.45, 2.75) is 13.0 Å². The maximum atomic E-state index is 11.6.